The normalized spacial score (nSPS) is 19.2. The number of amides is 2. The lowest BCUT2D eigenvalue weighted by molar-refractivity contribution is -0.137. The molecular formula is C13H14N4O5S. The molecule has 0 aliphatic carbocycles. The minimum atomic E-state index is -0.998. The summed E-state index contributed by atoms with van der Waals surface area (Å²) < 4.78 is 5.04. The van der Waals surface area contributed by atoms with Gasteiger partial charge in [0.15, 0.2) is 5.17 Å². The monoisotopic (exact) mass is 338 g/mol. The van der Waals surface area contributed by atoms with E-state index >= 15 is 0 Å². The second kappa shape index (κ2) is 8.13. The zero-order chi connectivity index (χ0) is 16.7. The molecule has 0 bridgehead atoms. The van der Waals surface area contributed by atoms with Gasteiger partial charge in [0.2, 0.25) is 11.8 Å². The summed E-state index contributed by atoms with van der Waals surface area (Å²) in [7, 11) is 0. The van der Waals surface area contributed by atoms with Crippen LogP contribution in [-0.4, -0.2) is 46.1 Å². The number of carboxylic acids is 1. The molecule has 0 radical (unpaired) electrons. The first-order valence-electron chi connectivity index (χ1n) is 6.65. The predicted octanol–water partition coefficient (Wildman–Crippen LogP) is 0.182. The van der Waals surface area contributed by atoms with Gasteiger partial charge in [0.1, 0.15) is 11.0 Å². The summed E-state index contributed by atoms with van der Waals surface area (Å²) in [4.78, 5) is 33.7. The van der Waals surface area contributed by atoms with Gasteiger partial charge in [0, 0.05) is 13.0 Å². The fourth-order valence-corrected chi connectivity index (χ4v) is 2.56. The summed E-state index contributed by atoms with van der Waals surface area (Å²) in [5.41, 5.74) is 0. The fraction of sp³-hybridized carbons (Fsp3) is 0.308. The molecule has 3 N–H and O–H groups in total. The van der Waals surface area contributed by atoms with Crippen molar-refractivity contribution >= 4 is 40.9 Å². The highest BCUT2D eigenvalue weighted by molar-refractivity contribution is 8.15. The molecule has 122 valence electrons. The Balaban J connectivity index is 1.80. The Labute approximate surface area is 135 Å². The molecule has 10 heteroatoms. The molecule has 2 heterocycles. The van der Waals surface area contributed by atoms with Crippen LogP contribution in [0.4, 0.5) is 0 Å². The predicted molar refractivity (Wildman–Crippen MR) is 83.1 cm³/mol. The van der Waals surface area contributed by atoms with Crippen LogP contribution < -0.4 is 10.6 Å². The van der Waals surface area contributed by atoms with Gasteiger partial charge in [-0.05, 0) is 12.1 Å². The maximum absolute atomic E-state index is 11.7. The van der Waals surface area contributed by atoms with Crippen LogP contribution in [0.5, 0.6) is 0 Å². The SMILES string of the molecule is O=C(O)CCNC(=O)C[C@H]1S/C(=N\N=C/c2ccco2)NC1=O. The topological polar surface area (TPSA) is 133 Å². The number of aliphatic carboxylic acids is 1. The maximum atomic E-state index is 11.7. The van der Waals surface area contributed by atoms with Crippen molar-refractivity contribution in [3.8, 4) is 0 Å². The number of thioether (sulfide) groups is 1. The van der Waals surface area contributed by atoms with Crippen LogP contribution >= 0.6 is 11.8 Å². The van der Waals surface area contributed by atoms with Gasteiger partial charge in [-0.15, -0.1) is 5.10 Å². The highest BCUT2D eigenvalue weighted by Crippen LogP contribution is 2.22. The van der Waals surface area contributed by atoms with Crippen molar-refractivity contribution in [2.75, 3.05) is 6.54 Å². The van der Waals surface area contributed by atoms with Crippen LogP contribution in [0.3, 0.4) is 0 Å². The van der Waals surface area contributed by atoms with Crippen LogP contribution in [0.1, 0.15) is 18.6 Å². The first kappa shape index (κ1) is 16.7. The van der Waals surface area contributed by atoms with Crippen molar-refractivity contribution in [2.24, 2.45) is 10.2 Å². The highest BCUT2D eigenvalue weighted by Gasteiger charge is 2.32. The number of carboxylic acid groups (broad SMARTS) is 1. The van der Waals surface area contributed by atoms with Gasteiger partial charge < -0.3 is 20.2 Å². The Morgan fingerprint density at radius 2 is 2.35 bits per heavy atom. The third-order valence-corrected chi connectivity index (χ3v) is 3.76. The van der Waals surface area contributed by atoms with Crippen LogP contribution in [0, 0.1) is 0 Å². The van der Waals surface area contributed by atoms with Gasteiger partial charge in [0.05, 0.1) is 18.9 Å². The zero-order valence-corrected chi connectivity index (χ0v) is 12.7. The van der Waals surface area contributed by atoms with E-state index in [-0.39, 0.29) is 31.2 Å². The Kier molecular flexibility index (Phi) is 5.92. The first-order valence-corrected chi connectivity index (χ1v) is 7.53. The van der Waals surface area contributed by atoms with Crippen molar-refractivity contribution in [1.29, 1.82) is 0 Å². The van der Waals surface area contributed by atoms with Crippen molar-refractivity contribution in [3.05, 3.63) is 24.2 Å². The third-order valence-electron chi connectivity index (χ3n) is 2.68. The molecule has 1 fully saturated rings. The summed E-state index contributed by atoms with van der Waals surface area (Å²) in [5.74, 6) is -1.20. The lowest BCUT2D eigenvalue weighted by atomic mass is 10.2. The van der Waals surface area contributed by atoms with Crippen LogP contribution in [-0.2, 0) is 14.4 Å². The molecule has 1 aliphatic heterocycles. The van der Waals surface area contributed by atoms with Crippen molar-refractivity contribution in [1.82, 2.24) is 10.6 Å². The van der Waals surface area contributed by atoms with Gasteiger partial charge in [-0.1, -0.05) is 11.8 Å². The molecule has 0 aromatic carbocycles. The van der Waals surface area contributed by atoms with E-state index in [0.29, 0.717) is 10.9 Å². The Bertz CT molecular complexity index is 641. The molecule has 0 saturated carbocycles. The van der Waals surface area contributed by atoms with Gasteiger partial charge in [-0.3, -0.25) is 14.4 Å². The van der Waals surface area contributed by atoms with Crippen LogP contribution in [0.2, 0.25) is 0 Å². The zero-order valence-electron chi connectivity index (χ0n) is 11.9. The quantitative estimate of drug-likeness (QED) is 0.480. The summed E-state index contributed by atoms with van der Waals surface area (Å²) in [5, 5.41) is 20.7. The third kappa shape index (κ3) is 5.58. The molecule has 2 rings (SSSR count). The lowest BCUT2D eigenvalue weighted by Crippen LogP contribution is -2.32. The highest BCUT2D eigenvalue weighted by atomic mass is 32.2. The molecule has 9 nitrogen and oxygen atoms in total. The van der Waals surface area contributed by atoms with Crippen LogP contribution in [0.15, 0.2) is 33.0 Å². The van der Waals surface area contributed by atoms with E-state index in [1.807, 2.05) is 0 Å². The number of amidine groups is 1. The lowest BCUT2D eigenvalue weighted by Gasteiger charge is -2.05. The summed E-state index contributed by atoms with van der Waals surface area (Å²) in [6.45, 7) is 0.0293. The van der Waals surface area contributed by atoms with Crippen molar-refractivity contribution < 1.29 is 23.9 Å². The van der Waals surface area contributed by atoms with E-state index in [0.717, 1.165) is 11.8 Å². The van der Waals surface area contributed by atoms with Gasteiger partial charge in [-0.25, -0.2) is 0 Å². The largest absolute Gasteiger partial charge is 0.481 e. The summed E-state index contributed by atoms with van der Waals surface area (Å²) >= 11 is 1.09. The number of hydrogen-bond donors (Lipinski definition) is 3. The minimum absolute atomic E-state index is 0.0293. The van der Waals surface area contributed by atoms with E-state index in [4.69, 9.17) is 9.52 Å². The second-order valence-electron chi connectivity index (χ2n) is 4.46. The number of nitrogens with zero attached hydrogens (tertiary/aromatic N) is 2. The second-order valence-corrected chi connectivity index (χ2v) is 5.65. The number of carbonyl (C=O) groups excluding carboxylic acids is 2. The fourth-order valence-electron chi connectivity index (χ4n) is 1.64. The molecule has 1 aromatic heterocycles. The van der Waals surface area contributed by atoms with E-state index in [1.165, 1.54) is 12.5 Å². The first-order chi connectivity index (χ1) is 11.0. The average Bonchev–Trinajstić information content (AvgIpc) is 3.09. The molecule has 1 aliphatic rings. The van der Waals surface area contributed by atoms with Gasteiger partial charge in [-0.2, -0.15) is 5.10 Å². The molecule has 0 unspecified atom stereocenters. The molecule has 1 atom stereocenters. The number of carbonyl (C=O) groups is 3. The Morgan fingerprint density at radius 3 is 3.04 bits per heavy atom. The van der Waals surface area contributed by atoms with E-state index < -0.39 is 11.2 Å². The number of hydrogen-bond acceptors (Lipinski definition) is 7. The van der Waals surface area contributed by atoms with Crippen molar-refractivity contribution in [2.45, 2.75) is 18.1 Å². The molecule has 0 spiro atoms. The van der Waals surface area contributed by atoms with E-state index in [1.54, 1.807) is 12.1 Å². The molecule has 2 amide bonds. The summed E-state index contributed by atoms with van der Waals surface area (Å²) in [6, 6.07) is 3.41. The van der Waals surface area contributed by atoms with Crippen LogP contribution in [0.25, 0.3) is 0 Å². The maximum Gasteiger partial charge on any atom is 0.305 e. The molecule has 1 aromatic rings. The minimum Gasteiger partial charge on any atom is -0.481 e. The van der Waals surface area contributed by atoms with Gasteiger partial charge >= 0.3 is 5.97 Å². The number of rotatable bonds is 7. The van der Waals surface area contributed by atoms with E-state index in [2.05, 4.69) is 20.8 Å². The Hall–Kier alpha value is -2.62. The molecule has 1 saturated heterocycles. The Morgan fingerprint density at radius 1 is 1.52 bits per heavy atom. The van der Waals surface area contributed by atoms with Crippen molar-refractivity contribution in [3.63, 3.8) is 0 Å². The number of furan rings is 1. The molecule has 23 heavy (non-hydrogen) atoms. The van der Waals surface area contributed by atoms with Gasteiger partial charge in [0.25, 0.3) is 0 Å². The number of nitrogens with one attached hydrogen (secondary N) is 2. The standard InChI is InChI=1S/C13H14N4O5S/c18-10(14-4-3-11(19)20)6-9-12(21)16-13(23-9)17-15-7-8-2-1-5-22-8/h1-2,5,7,9H,3-4,6H2,(H,14,18)(H,19,20)(H,16,17,21)/b15-7-/t9-/m1/s1. The van der Waals surface area contributed by atoms with E-state index in [9.17, 15) is 14.4 Å². The smallest absolute Gasteiger partial charge is 0.305 e. The molecular weight excluding hydrogens is 324 g/mol. The summed E-state index contributed by atoms with van der Waals surface area (Å²) in [6.07, 6.45) is 2.67. The average molecular weight is 338 g/mol.